The Morgan fingerprint density at radius 3 is 2.85 bits per heavy atom. The fraction of sp³-hybridized carbons (Fsp3) is 0.625. The summed E-state index contributed by atoms with van der Waals surface area (Å²) in [6, 6.07) is 6.51. The van der Waals surface area contributed by atoms with Crippen LogP contribution in [0.4, 0.5) is 0 Å². The van der Waals surface area contributed by atoms with E-state index < -0.39 is 0 Å². The number of nitrogens with one attached hydrogen (secondary N) is 1. The molecule has 0 aromatic heterocycles. The maximum atomic E-state index is 5.43. The molecule has 0 amide bonds. The van der Waals surface area contributed by atoms with Crippen LogP contribution in [0.3, 0.4) is 0 Å². The van der Waals surface area contributed by atoms with Gasteiger partial charge in [0, 0.05) is 26.3 Å². The molecule has 1 heterocycles. The Hall–Kier alpha value is -1.26. The molecule has 3 rings (SSSR count). The molecule has 0 radical (unpaired) electrons. The first-order valence-electron chi connectivity index (χ1n) is 7.34. The van der Waals surface area contributed by atoms with E-state index in [-0.39, 0.29) is 0 Å². The lowest BCUT2D eigenvalue weighted by atomic mass is 10.0. The van der Waals surface area contributed by atoms with Crippen molar-refractivity contribution in [1.29, 1.82) is 0 Å². The number of ether oxygens (including phenoxy) is 3. The molecule has 1 unspecified atom stereocenters. The van der Waals surface area contributed by atoms with Gasteiger partial charge in [-0.15, -0.1) is 0 Å². The van der Waals surface area contributed by atoms with E-state index in [1.165, 1.54) is 18.4 Å². The van der Waals surface area contributed by atoms with E-state index in [0.717, 1.165) is 31.1 Å². The van der Waals surface area contributed by atoms with E-state index >= 15 is 0 Å². The summed E-state index contributed by atoms with van der Waals surface area (Å²) in [5, 5.41) is 3.65. The number of benzene rings is 1. The highest BCUT2D eigenvalue weighted by atomic mass is 16.7. The monoisotopic (exact) mass is 277 g/mol. The highest BCUT2D eigenvalue weighted by molar-refractivity contribution is 5.45. The number of methoxy groups -OCH3 is 1. The molecule has 1 N–H and O–H groups in total. The van der Waals surface area contributed by atoms with Gasteiger partial charge in [0.05, 0.1) is 0 Å². The largest absolute Gasteiger partial charge is 0.454 e. The van der Waals surface area contributed by atoms with Crippen molar-refractivity contribution in [3.8, 4) is 11.5 Å². The molecule has 2 aliphatic rings. The average molecular weight is 277 g/mol. The topological polar surface area (TPSA) is 39.7 Å². The second-order valence-corrected chi connectivity index (χ2v) is 5.96. The number of rotatable bonds is 7. The third kappa shape index (κ3) is 2.91. The Morgan fingerprint density at radius 2 is 2.10 bits per heavy atom. The van der Waals surface area contributed by atoms with E-state index in [4.69, 9.17) is 14.2 Å². The molecule has 4 nitrogen and oxygen atoms in total. The minimum Gasteiger partial charge on any atom is -0.454 e. The molecule has 1 aromatic carbocycles. The lowest BCUT2D eigenvalue weighted by Gasteiger charge is -2.20. The molecular weight excluding hydrogens is 254 g/mol. The van der Waals surface area contributed by atoms with Gasteiger partial charge in [-0.25, -0.2) is 0 Å². The van der Waals surface area contributed by atoms with Crippen LogP contribution < -0.4 is 14.8 Å². The zero-order valence-corrected chi connectivity index (χ0v) is 12.3. The zero-order chi connectivity index (χ0) is 14.0. The van der Waals surface area contributed by atoms with E-state index in [1.54, 1.807) is 7.11 Å². The van der Waals surface area contributed by atoms with Gasteiger partial charge in [0.2, 0.25) is 6.79 Å². The van der Waals surface area contributed by atoms with Gasteiger partial charge < -0.3 is 19.5 Å². The molecule has 1 atom stereocenters. The normalized spacial score (nSPS) is 19.9. The second-order valence-electron chi connectivity index (χ2n) is 5.96. The van der Waals surface area contributed by atoms with Crippen molar-refractivity contribution in [3.63, 3.8) is 0 Å². The zero-order valence-electron chi connectivity index (χ0n) is 12.3. The van der Waals surface area contributed by atoms with Gasteiger partial charge in [-0.3, -0.25) is 0 Å². The fourth-order valence-electron chi connectivity index (χ4n) is 2.68. The van der Waals surface area contributed by atoms with Crippen LogP contribution >= 0.6 is 0 Å². The van der Waals surface area contributed by atoms with Crippen LogP contribution in [-0.4, -0.2) is 27.1 Å². The lowest BCUT2D eigenvalue weighted by molar-refractivity contribution is 0.170. The van der Waals surface area contributed by atoms with Gasteiger partial charge in [0.15, 0.2) is 11.5 Å². The van der Waals surface area contributed by atoms with Crippen molar-refractivity contribution in [2.75, 3.05) is 27.1 Å². The number of hydrogen-bond acceptors (Lipinski definition) is 4. The highest BCUT2D eigenvalue weighted by Gasteiger charge is 2.41. The Kier molecular flexibility index (Phi) is 3.85. The molecule has 110 valence electrons. The SMILES string of the molecule is COCCC1(CNC(C)c2ccc3c(c2)OCO3)CC1. The summed E-state index contributed by atoms with van der Waals surface area (Å²) in [4.78, 5) is 0. The minimum atomic E-state index is 0.324. The molecule has 1 aliphatic heterocycles. The summed E-state index contributed by atoms with van der Waals surface area (Å²) in [6.45, 7) is 4.46. The van der Waals surface area contributed by atoms with Gasteiger partial charge in [-0.1, -0.05) is 6.07 Å². The smallest absolute Gasteiger partial charge is 0.231 e. The van der Waals surface area contributed by atoms with Gasteiger partial charge in [0.25, 0.3) is 0 Å². The first-order chi connectivity index (χ1) is 9.72. The van der Waals surface area contributed by atoms with Gasteiger partial charge in [-0.05, 0) is 49.3 Å². The van der Waals surface area contributed by atoms with Crippen LogP contribution in [0, 0.1) is 5.41 Å². The van der Waals surface area contributed by atoms with Crippen LogP contribution in [0.5, 0.6) is 11.5 Å². The number of fused-ring (bicyclic) bond motifs is 1. The Balaban J connectivity index is 1.55. The van der Waals surface area contributed by atoms with Crippen LogP contribution in [-0.2, 0) is 4.74 Å². The Morgan fingerprint density at radius 1 is 1.30 bits per heavy atom. The Bertz CT molecular complexity index is 471. The van der Waals surface area contributed by atoms with Crippen molar-refractivity contribution in [3.05, 3.63) is 23.8 Å². The van der Waals surface area contributed by atoms with Crippen LogP contribution in [0.2, 0.25) is 0 Å². The summed E-state index contributed by atoms with van der Waals surface area (Å²) in [7, 11) is 1.78. The van der Waals surface area contributed by atoms with Gasteiger partial charge >= 0.3 is 0 Å². The third-order valence-corrected chi connectivity index (χ3v) is 4.47. The molecule has 0 saturated heterocycles. The second kappa shape index (κ2) is 5.62. The molecule has 1 aromatic rings. The maximum Gasteiger partial charge on any atom is 0.231 e. The van der Waals surface area contributed by atoms with E-state index in [1.807, 2.05) is 6.07 Å². The Labute approximate surface area is 120 Å². The summed E-state index contributed by atoms with van der Waals surface area (Å²) in [5.41, 5.74) is 1.72. The minimum absolute atomic E-state index is 0.324. The third-order valence-electron chi connectivity index (χ3n) is 4.47. The van der Waals surface area contributed by atoms with E-state index in [2.05, 4.69) is 24.4 Å². The standard InChI is InChI=1S/C16H23NO3/c1-12(17-10-16(5-6-16)7-8-18-2)13-3-4-14-15(9-13)20-11-19-14/h3-4,9,12,17H,5-8,10-11H2,1-2H3. The van der Waals surface area contributed by atoms with Crippen molar-refractivity contribution < 1.29 is 14.2 Å². The summed E-state index contributed by atoms with van der Waals surface area (Å²) in [5.74, 6) is 1.70. The van der Waals surface area contributed by atoms with Crippen molar-refractivity contribution in [2.45, 2.75) is 32.2 Å². The predicted octanol–water partition coefficient (Wildman–Crippen LogP) is 2.88. The van der Waals surface area contributed by atoms with Crippen molar-refractivity contribution in [1.82, 2.24) is 5.32 Å². The molecule has 4 heteroatoms. The van der Waals surface area contributed by atoms with Crippen molar-refractivity contribution >= 4 is 0 Å². The summed E-state index contributed by atoms with van der Waals surface area (Å²) in [6.07, 6.45) is 3.79. The van der Waals surface area contributed by atoms with Crippen LogP contribution in [0.25, 0.3) is 0 Å². The lowest BCUT2D eigenvalue weighted by Crippen LogP contribution is -2.27. The molecule has 0 bridgehead atoms. The average Bonchev–Trinajstić information content (AvgIpc) is 3.09. The van der Waals surface area contributed by atoms with Crippen LogP contribution in [0.15, 0.2) is 18.2 Å². The van der Waals surface area contributed by atoms with E-state index in [0.29, 0.717) is 18.2 Å². The maximum absolute atomic E-state index is 5.43. The summed E-state index contributed by atoms with van der Waals surface area (Å²) >= 11 is 0. The molecule has 20 heavy (non-hydrogen) atoms. The number of hydrogen-bond donors (Lipinski definition) is 1. The predicted molar refractivity (Wildman–Crippen MR) is 77.1 cm³/mol. The van der Waals surface area contributed by atoms with Gasteiger partial charge in [0.1, 0.15) is 0 Å². The fourth-order valence-corrected chi connectivity index (χ4v) is 2.68. The van der Waals surface area contributed by atoms with Crippen molar-refractivity contribution in [2.24, 2.45) is 5.41 Å². The summed E-state index contributed by atoms with van der Waals surface area (Å²) < 4.78 is 16.0. The molecule has 1 saturated carbocycles. The van der Waals surface area contributed by atoms with Gasteiger partial charge in [-0.2, -0.15) is 0 Å². The van der Waals surface area contributed by atoms with Crippen LogP contribution in [0.1, 0.15) is 37.8 Å². The molecule has 0 spiro atoms. The first-order valence-corrected chi connectivity index (χ1v) is 7.34. The molecular formula is C16H23NO3. The first kappa shape index (κ1) is 13.7. The highest BCUT2D eigenvalue weighted by Crippen LogP contribution is 2.48. The quantitative estimate of drug-likeness (QED) is 0.832. The molecule has 1 aliphatic carbocycles. The molecule has 1 fully saturated rings. The van der Waals surface area contributed by atoms with E-state index in [9.17, 15) is 0 Å².